The maximum Gasteiger partial charge on any atom is 0.222 e. The van der Waals surface area contributed by atoms with E-state index in [0.717, 1.165) is 31.0 Å². The summed E-state index contributed by atoms with van der Waals surface area (Å²) in [6.45, 7) is 10.0. The third-order valence-electron chi connectivity index (χ3n) is 4.89. The monoisotopic (exact) mass is 301 g/mol. The zero-order valence-electron chi connectivity index (χ0n) is 13.7. The molecule has 2 aliphatic heterocycles. The van der Waals surface area contributed by atoms with Gasteiger partial charge in [0.05, 0.1) is 0 Å². The number of hydrogen-bond acceptors (Lipinski definition) is 3. The quantitative estimate of drug-likeness (QED) is 0.835. The molecule has 0 saturated carbocycles. The van der Waals surface area contributed by atoms with Crippen LogP contribution in [0.15, 0.2) is 24.5 Å². The Morgan fingerprint density at radius 3 is 2.59 bits per heavy atom. The first-order chi connectivity index (χ1) is 10.6. The lowest BCUT2D eigenvalue weighted by atomic mass is 10.0. The van der Waals surface area contributed by atoms with Crippen LogP contribution in [0.3, 0.4) is 0 Å². The van der Waals surface area contributed by atoms with Gasteiger partial charge in [-0.2, -0.15) is 0 Å². The molecule has 2 atom stereocenters. The maximum atomic E-state index is 12.4. The number of pyridine rings is 1. The summed E-state index contributed by atoms with van der Waals surface area (Å²) in [7, 11) is 0. The lowest BCUT2D eigenvalue weighted by Gasteiger charge is -2.22. The van der Waals surface area contributed by atoms with Crippen molar-refractivity contribution in [1.82, 2.24) is 14.8 Å². The van der Waals surface area contributed by atoms with Gasteiger partial charge >= 0.3 is 0 Å². The van der Waals surface area contributed by atoms with Crippen molar-refractivity contribution in [3.8, 4) is 0 Å². The van der Waals surface area contributed by atoms with E-state index in [1.54, 1.807) is 6.20 Å². The molecule has 4 heteroatoms. The molecule has 1 aromatic rings. The molecular weight excluding hydrogens is 274 g/mol. The van der Waals surface area contributed by atoms with Crippen molar-refractivity contribution in [2.75, 3.05) is 32.7 Å². The Hall–Kier alpha value is -1.42. The number of rotatable bonds is 5. The first-order valence-corrected chi connectivity index (χ1v) is 8.51. The number of amides is 1. The highest BCUT2D eigenvalue weighted by Crippen LogP contribution is 2.31. The van der Waals surface area contributed by atoms with E-state index in [9.17, 15) is 4.79 Å². The third kappa shape index (κ3) is 3.67. The lowest BCUT2D eigenvalue weighted by molar-refractivity contribution is -0.130. The van der Waals surface area contributed by atoms with Crippen LogP contribution >= 0.6 is 0 Å². The Morgan fingerprint density at radius 2 is 2.00 bits per heavy atom. The molecule has 22 heavy (non-hydrogen) atoms. The lowest BCUT2D eigenvalue weighted by Crippen LogP contribution is -2.34. The second-order valence-corrected chi connectivity index (χ2v) is 7.29. The minimum absolute atomic E-state index is 0.314. The number of aryl methyl sites for hydroxylation is 1. The standard InChI is InChI=1S/C18H27N3O/c1-14(2)9-20-10-16-12-21(13-17(16)11-20)18(22)6-5-15-4-3-7-19-8-15/h3-4,7-8,14,16-17H,5-6,9-13H2,1-2H3. The van der Waals surface area contributed by atoms with E-state index < -0.39 is 0 Å². The van der Waals surface area contributed by atoms with Crippen molar-refractivity contribution < 1.29 is 4.79 Å². The molecule has 0 aliphatic carbocycles. The molecule has 1 amide bonds. The Kier molecular flexibility index (Phi) is 4.77. The first-order valence-electron chi connectivity index (χ1n) is 8.51. The van der Waals surface area contributed by atoms with Crippen LogP contribution in [-0.2, 0) is 11.2 Å². The average Bonchev–Trinajstić information content (AvgIpc) is 3.03. The van der Waals surface area contributed by atoms with Gasteiger partial charge in [-0.15, -0.1) is 0 Å². The summed E-state index contributed by atoms with van der Waals surface area (Å²) in [6.07, 6.45) is 5.05. The van der Waals surface area contributed by atoms with Gasteiger partial charge in [0.25, 0.3) is 0 Å². The predicted molar refractivity (Wildman–Crippen MR) is 87.4 cm³/mol. The molecule has 3 rings (SSSR count). The van der Waals surface area contributed by atoms with Gasteiger partial charge in [-0.3, -0.25) is 9.78 Å². The molecule has 2 unspecified atom stereocenters. The van der Waals surface area contributed by atoms with Crippen LogP contribution in [0.5, 0.6) is 0 Å². The first kappa shape index (κ1) is 15.5. The second-order valence-electron chi connectivity index (χ2n) is 7.29. The normalized spacial score (nSPS) is 25.0. The molecule has 1 aromatic heterocycles. The van der Waals surface area contributed by atoms with E-state index in [0.29, 0.717) is 24.2 Å². The topological polar surface area (TPSA) is 36.4 Å². The molecule has 0 radical (unpaired) electrons. The van der Waals surface area contributed by atoms with Gasteiger partial charge in [-0.1, -0.05) is 19.9 Å². The fourth-order valence-electron chi connectivity index (χ4n) is 3.91. The highest BCUT2D eigenvalue weighted by atomic mass is 16.2. The van der Waals surface area contributed by atoms with E-state index in [4.69, 9.17) is 0 Å². The molecule has 2 fully saturated rings. The van der Waals surface area contributed by atoms with Crippen LogP contribution in [0.1, 0.15) is 25.8 Å². The van der Waals surface area contributed by atoms with Crippen molar-refractivity contribution >= 4 is 5.91 Å². The molecule has 4 nitrogen and oxygen atoms in total. The van der Waals surface area contributed by atoms with Gasteiger partial charge in [-0.05, 0) is 35.8 Å². The smallest absolute Gasteiger partial charge is 0.222 e. The van der Waals surface area contributed by atoms with E-state index >= 15 is 0 Å². The summed E-state index contributed by atoms with van der Waals surface area (Å²) in [5.74, 6) is 2.44. The van der Waals surface area contributed by atoms with E-state index in [1.165, 1.54) is 19.6 Å². The number of carbonyl (C=O) groups excluding carboxylic acids is 1. The summed E-state index contributed by atoms with van der Waals surface area (Å²) in [4.78, 5) is 21.2. The highest BCUT2D eigenvalue weighted by molar-refractivity contribution is 5.76. The Balaban J connectivity index is 1.45. The number of likely N-dealkylation sites (tertiary alicyclic amines) is 2. The van der Waals surface area contributed by atoms with Crippen molar-refractivity contribution in [1.29, 1.82) is 0 Å². The summed E-state index contributed by atoms with van der Waals surface area (Å²) in [6, 6.07) is 3.98. The van der Waals surface area contributed by atoms with Gasteiger partial charge in [0.15, 0.2) is 0 Å². The van der Waals surface area contributed by atoms with Crippen LogP contribution < -0.4 is 0 Å². The SMILES string of the molecule is CC(C)CN1CC2CN(C(=O)CCc3cccnc3)CC2C1. The van der Waals surface area contributed by atoms with Crippen molar-refractivity contribution in [3.05, 3.63) is 30.1 Å². The predicted octanol–water partition coefficient (Wildman–Crippen LogP) is 2.06. The third-order valence-corrected chi connectivity index (χ3v) is 4.89. The molecule has 2 aliphatic rings. The van der Waals surface area contributed by atoms with E-state index in [2.05, 4.69) is 28.6 Å². The van der Waals surface area contributed by atoms with Gasteiger partial charge in [0.2, 0.25) is 5.91 Å². The molecule has 0 spiro atoms. The van der Waals surface area contributed by atoms with Gasteiger partial charge in [-0.25, -0.2) is 0 Å². The van der Waals surface area contributed by atoms with Crippen molar-refractivity contribution in [2.45, 2.75) is 26.7 Å². The molecule has 3 heterocycles. The van der Waals surface area contributed by atoms with Gasteiger partial charge in [0.1, 0.15) is 0 Å². The number of hydrogen-bond donors (Lipinski definition) is 0. The van der Waals surface area contributed by atoms with Crippen molar-refractivity contribution in [3.63, 3.8) is 0 Å². The largest absolute Gasteiger partial charge is 0.342 e. The zero-order valence-corrected chi connectivity index (χ0v) is 13.7. The van der Waals surface area contributed by atoms with Gasteiger partial charge in [0, 0.05) is 51.5 Å². The summed E-state index contributed by atoms with van der Waals surface area (Å²) < 4.78 is 0. The van der Waals surface area contributed by atoms with Crippen LogP contribution in [-0.4, -0.2) is 53.4 Å². The molecule has 120 valence electrons. The van der Waals surface area contributed by atoms with Crippen molar-refractivity contribution in [2.24, 2.45) is 17.8 Å². The minimum atomic E-state index is 0.314. The average molecular weight is 301 g/mol. The molecular formula is C18H27N3O. The summed E-state index contributed by atoms with van der Waals surface area (Å²) in [5, 5.41) is 0. The number of carbonyl (C=O) groups is 1. The highest BCUT2D eigenvalue weighted by Gasteiger charge is 2.41. The number of aromatic nitrogens is 1. The molecule has 0 N–H and O–H groups in total. The van der Waals surface area contributed by atoms with E-state index in [-0.39, 0.29) is 0 Å². The zero-order chi connectivity index (χ0) is 15.5. The molecule has 0 bridgehead atoms. The van der Waals surface area contributed by atoms with Crippen LogP contribution in [0.2, 0.25) is 0 Å². The molecule has 2 saturated heterocycles. The maximum absolute atomic E-state index is 12.4. The fourth-order valence-corrected chi connectivity index (χ4v) is 3.91. The molecule has 0 aromatic carbocycles. The van der Waals surface area contributed by atoms with Crippen LogP contribution in [0.25, 0.3) is 0 Å². The fraction of sp³-hybridized carbons (Fsp3) is 0.667. The van der Waals surface area contributed by atoms with Crippen LogP contribution in [0, 0.1) is 17.8 Å². The van der Waals surface area contributed by atoms with E-state index in [1.807, 2.05) is 18.3 Å². The second kappa shape index (κ2) is 6.78. The summed E-state index contributed by atoms with van der Waals surface area (Å²) in [5.41, 5.74) is 1.15. The summed E-state index contributed by atoms with van der Waals surface area (Å²) >= 11 is 0. The Morgan fingerprint density at radius 1 is 1.27 bits per heavy atom. The Bertz CT molecular complexity index is 488. The minimum Gasteiger partial charge on any atom is -0.342 e. The number of fused-ring (bicyclic) bond motifs is 1. The number of nitrogens with zero attached hydrogens (tertiary/aromatic N) is 3. The Labute approximate surface area is 133 Å². The van der Waals surface area contributed by atoms with Gasteiger partial charge < -0.3 is 9.80 Å². The van der Waals surface area contributed by atoms with Crippen LogP contribution in [0.4, 0.5) is 0 Å².